The molecule has 1 N–H and O–H groups in total. The summed E-state index contributed by atoms with van der Waals surface area (Å²) in [5.41, 5.74) is 3.01. The molecule has 150 valence electrons. The van der Waals surface area contributed by atoms with Crippen LogP contribution in [0.25, 0.3) is 0 Å². The van der Waals surface area contributed by atoms with Gasteiger partial charge >= 0.3 is 0 Å². The third kappa shape index (κ3) is 3.91. The predicted octanol–water partition coefficient (Wildman–Crippen LogP) is 2.90. The fourth-order valence-corrected chi connectivity index (χ4v) is 5.23. The number of methoxy groups -OCH3 is 1. The van der Waals surface area contributed by atoms with Gasteiger partial charge in [-0.2, -0.15) is 0 Å². The number of nitrogens with zero attached hydrogens (tertiary/aromatic N) is 1. The zero-order valence-electron chi connectivity index (χ0n) is 16.6. The highest BCUT2D eigenvalue weighted by Crippen LogP contribution is 2.37. The van der Waals surface area contributed by atoms with E-state index in [-0.39, 0.29) is 22.9 Å². The second-order valence-corrected chi connectivity index (χ2v) is 9.16. The summed E-state index contributed by atoms with van der Waals surface area (Å²) >= 11 is 0. The van der Waals surface area contributed by atoms with Crippen LogP contribution < -0.4 is 9.62 Å². The van der Waals surface area contributed by atoms with Crippen LogP contribution in [0.4, 0.5) is 5.69 Å². The van der Waals surface area contributed by atoms with Gasteiger partial charge in [-0.05, 0) is 63.1 Å². The maximum atomic E-state index is 13.2. The monoisotopic (exact) mass is 402 g/mol. The minimum Gasteiger partial charge on any atom is -0.383 e. The number of hydrogen-bond donors (Lipinski definition) is 1. The van der Waals surface area contributed by atoms with Gasteiger partial charge in [0.15, 0.2) is 0 Å². The number of anilines is 1. The number of hydrogen-bond acceptors (Lipinski definition) is 4. The van der Waals surface area contributed by atoms with E-state index in [0.717, 1.165) is 11.1 Å². The summed E-state index contributed by atoms with van der Waals surface area (Å²) in [5, 5.41) is 2.88. The van der Waals surface area contributed by atoms with Crippen molar-refractivity contribution in [1.29, 1.82) is 0 Å². The van der Waals surface area contributed by atoms with E-state index in [1.54, 1.807) is 49.6 Å². The van der Waals surface area contributed by atoms with Crippen molar-refractivity contribution >= 4 is 21.6 Å². The highest BCUT2D eigenvalue weighted by molar-refractivity contribution is 7.92. The lowest BCUT2D eigenvalue weighted by Gasteiger charge is -2.24. The van der Waals surface area contributed by atoms with Gasteiger partial charge in [-0.15, -0.1) is 0 Å². The number of carbonyl (C=O) groups excluding carboxylic acids is 1. The van der Waals surface area contributed by atoms with Gasteiger partial charge in [0.2, 0.25) is 0 Å². The molecule has 0 aliphatic carbocycles. The van der Waals surface area contributed by atoms with Gasteiger partial charge in [0, 0.05) is 24.8 Å². The maximum Gasteiger partial charge on any atom is 0.264 e. The molecule has 0 radical (unpaired) electrons. The van der Waals surface area contributed by atoms with Crippen LogP contribution in [0.2, 0.25) is 0 Å². The number of ether oxygens (including phenoxy) is 1. The van der Waals surface area contributed by atoms with Crippen molar-refractivity contribution in [2.24, 2.45) is 0 Å². The highest BCUT2D eigenvalue weighted by Gasteiger charge is 2.36. The molecule has 1 aliphatic rings. The van der Waals surface area contributed by atoms with E-state index in [4.69, 9.17) is 4.74 Å². The molecule has 2 aromatic carbocycles. The van der Waals surface area contributed by atoms with Gasteiger partial charge in [-0.1, -0.05) is 17.7 Å². The van der Waals surface area contributed by atoms with Crippen LogP contribution >= 0.6 is 0 Å². The molecule has 1 amide bonds. The molecule has 0 saturated heterocycles. The molecule has 0 unspecified atom stereocenters. The van der Waals surface area contributed by atoms with E-state index in [1.807, 2.05) is 20.8 Å². The molecule has 2 aromatic rings. The van der Waals surface area contributed by atoms with Crippen LogP contribution in [-0.2, 0) is 21.2 Å². The first-order valence-electron chi connectivity index (χ1n) is 9.28. The molecule has 0 saturated carbocycles. The summed E-state index contributed by atoms with van der Waals surface area (Å²) in [6, 6.07) is 11.7. The van der Waals surface area contributed by atoms with Crippen LogP contribution in [0.5, 0.6) is 0 Å². The zero-order valence-corrected chi connectivity index (χ0v) is 17.4. The van der Waals surface area contributed by atoms with E-state index in [9.17, 15) is 13.2 Å². The van der Waals surface area contributed by atoms with Crippen LogP contribution in [0, 0.1) is 6.92 Å². The molecular weight excluding hydrogens is 376 g/mol. The number of amides is 1. The van der Waals surface area contributed by atoms with Crippen LogP contribution in [0.15, 0.2) is 47.4 Å². The largest absolute Gasteiger partial charge is 0.383 e. The molecule has 0 spiro atoms. The van der Waals surface area contributed by atoms with Crippen molar-refractivity contribution in [2.75, 3.05) is 18.0 Å². The Bertz CT molecular complexity index is 970. The Kier molecular flexibility index (Phi) is 5.76. The fourth-order valence-electron chi connectivity index (χ4n) is 3.53. The minimum atomic E-state index is -3.66. The van der Waals surface area contributed by atoms with Crippen molar-refractivity contribution in [1.82, 2.24) is 5.32 Å². The van der Waals surface area contributed by atoms with Gasteiger partial charge in [0.05, 0.1) is 17.2 Å². The molecule has 3 rings (SSSR count). The third-order valence-corrected chi connectivity index (χ3v) is 6.81. The highest BCUT2D eigenvalue weighted by atomic mass is 32.2. The van der Waals surface area contributed by atoms with Gasteiger partial charge in [-0.3, -0.25) is 9.10 Å². The standard InChI is InChI=1S/C21H26N2O4S/c1-14-5-8-19(9-6-14)28(25,26)23-16(3)11-18-12-17(7-10-20(18)23)21(24)22-15(2)13-27-4/h5-10,12,15-16H,11,13H2,1-4H3,(H,22,24)/t15-,16-/m1/s1. The summed E-state index contributed by atoms with van der Waals surface area (Å²) in [7, 11) is -2.08. The Labute approximate surface area is 166 Å². The van der Waals surface area contributed by atoms with E-state index < -0.39 is 10.0 Å². The molecule has 1 aliphatic heterocycles. The summed E-state index contributed by atoms with van der Waals surface area (Å²) < 4.78 is 32.9. The van der Waals surface area contributed by atoms with Gasteiger partial charge in [-0.25, -0.2) is 8.42 Å². The number of nitrogens with one attached hydrogen (secondary N) is 1. The lowest BCUT2D eigenvalue weighted by atomic mass is 10.1. The fraction of sp³-hybridized carbons (Fsp3) is 0.381. The summed E-state index contributed by atoms with van der Waals surface area (Å²) in [6.45, 7) is 6.10. The number of carbonyl (C=O) groups is 1. The molecule has 6 nitrogen and oxygen atoms in total. The summed E-state index contributed by atoms with van der Waals surface area (Å²) in [6.07, 6.45) is 0.565. The SMILES string of the molecule is COC[C@@H](C)NC(=O)c1ccc2c(c1)C[C@@H](C)N2S(=O)(=O)c1ccc(C)cc1. The Morgan fingerprint density at radius 2 is 1.93 bits per heavy atom. The second kappa shape index (κ2) is 7.93. The molecule has 28 heavy (non-hydrogen) atoms. The number of sulfonamides is 1. The quantitative estimate of drug-likeness (QED) is 0.806. The lowest BCUT2D eigenvalue weighted by Crippen LogP contribution is -2.36. The normalized spacial score (nSPS) is 17.3. The number of fused-ring (bicyclic) bond motifs is 1. The van der Waals surface area contributed by atoms with Crippen molar-refractivity contribution < 1.29 is 17.9 Å². The average molecular weight is 403 g/mol. The van der Waals surface area contributed by atoms with E-state index in [0.29, 0.717) is 24.3 Å². The molecule has 2 atom stereocenters. The molecule has 0 bridgehead atoms. The molecule has 0 fully saturated rings. The van der Waals surface area contributed by atoms with Gasteiger partial charge in [0.1, 0.15) is 0 Å². The third-order valence-electron chi connectivity index (χ3n) is 4.87. The van der Waals surface area contributed by atoms with Gasteiger partial charge in [0.25, 0.3) is 15.9 Å². The van der Waals surface area contributed by atoms with Crippen LogP contribution in [0.1, 0.15) is 35.3 Å². The van der Waals surface area contributed by atoms with Crippen LogP contribution in [-0.4, -0.2) is 40.1 Å². The van der Waals surface area contributed by atoms with Crippen molar-refractivity contribution in [3.8, 4) is 0 Å². The topological polar surface area (TPSA) is 75.7 Å². The number of benzene rings is 2. The van der Waals surface area contributed by atoms with E-state index >= 15 is 0 Å². The first kappa shape index (κ1) is 20.4. The van der Waals surface area contributed by atoms with Crippen molar-refractivity contribution in [2.45, 2.75) is 44.2 Å². The maximum absolute atomic E-state index is 13.2. The summed E-state index contributed by atoms with van der Waals surface area (Å²) in [4.78, 5) is 12.7. The first-order valence-corrected chi connectivity index (χ1v) is 10.7. The first-order chi connectivity index (χ1) is 13.2. The number of rotatable bonds is 6. The second-order valence-electron chi connectivity index (χ2n) is 7.34. The van der Waals surface area contributed by atoms with Crippen molar-refractivity contribution in [3.05, 3.63) is 59.2 Å². The molecule has 0 aromatic heterocycles. The Morgan fingerprint density at radius 3 is 2.57 bits per heavy atom. The molecular formula is C21H26N2O4S. The smallest absolute Gasteiger partial charge is 0.264 e. The Balaban J connectivity index is 1.90. The molecule has 1 heterocycles. The van der Waals surface area contributed by atoms with Gasteiger partial charge < -0.3 is 10.1 Å². The predicted molar refractivity (Wildman–Crippen MR) is 109 cm³/mol. The Morgan fingerprint density at radius 1 is 1.25 bits per heavy atom. The number of aryl methyl sites for hydroxylation is 1. The lowest BCUT2D eigenvalue weighted by molar-refractivity contribution is 0.0905. The molecule has 7 heteroatoms. The zero-order chi connectivity index (χ0) is 20.5. The van der Waals surface area contributed by atoms with E-state index in [2.05, 4.69) is 5.32 Å². The average Bonchev–Trinajstić information content (AvgIpc) is 2.97. The van der Waals surface area contributed by atoms with Crippen molar-refractivity contribution in [3.63, 3.8) is 0 Å². The Hall–Kier alpha value is -2.38. The minimum absolute atomic E-state index is 0.108. The van der Waals surface area contributed by atoms with Crippen LogP contribution in [0.3, 0.4) is 0 Å². The van der Waals surface area contributed by atoms with E-state index in [1.165, 1.54) is 4.31 Å². The summed E-state index contributed by atoms with van der Waals surface area (Å²) in [5.74, 6) is -0.195.